The van der Waals surface area contributed by atoms with Gasteiger partial charge in [-0.3, -0.25) is 5.10 Å². The number of aromatic amines is 1. The summed E-state index contributed by atoms with van der Waals surface area (Å²) < 4.78 is 1.84. The van der Waals surface area contributed by atoms with Crippen LogP contribution in [0.4, 0.5) is 5.82 Å². The Hall–Kier alpha value is -2.44. The highest BCUT2D eigenvalue weighted by atomic mass is 15.3. The van der Waals surface area contributed by atoms with Crippen molar-refractivity contribution in [3.8, 4) is 0 Å². The number of rotatable bonds is 3. The van der Waals surface area contributed by atoms with E-state index >= 15 is 0 Å². The first-order valence-corrected chi connectivity index (χ1v) is 6.94. The zero-order valence-electron chi connectivity index (χ0n) is 12.9. The van der Waals surface area contributed by atoms with Crippen LogP contribution in [0, 0.1) is 27.7 Å². The van der Waals surface area contributed by atoms with E-state index in [2.05, 4.69) is 30.6 Å². The van der Waals surface area contributed by atoms with Crippen LogP contribution in [0.25, 0.3) is 5.65 Å². The molecule has 0 amide bonds. The van der Waals surface area contributed by atoms with Crippen LogP contribution in [0.1, 0.15) is 41.6 Å². The van der Waals surface area contributed by atoms with Gasteiger partial charge in [0.2, 0.25) is 0 Å². The van der Waals surface area contributed by atoms with Crippen molar-refractivity contribution >= 4 is 11.5 Å². The largest absolute Gasteiger partial charge is 0.360 e. The molecule has 2 N–H and O–H groups in total. The molecule has 110 valence electrons. The quantitative estimate of drug-likeness (QED) is 0.771. The van der Waals surface area contributed by atoms with E-state index in [0.717, 1.165) is 40.1 Å². The third kappa shape index (κ3) is 2.35. The Labute approximate surface area is 122 Å². The van der Waals surface area contributed by atoms with E-state index in [1.54, 1.807) is 0 Å². The van der Waals surface area contributed by atoms with Gasteiger partial charge in [0.1, 0.15) is 11.6 Å². The lowest BCUT2D eigenvalue weighted by Crippen LogP contribution is -2.12. The second-order valence-corrected chi connectivity index (χ2v) is 5.37. The molecule has 3 heterocycles. The van der Waals surface area contributed by atoms with Gasteiger partial charge in [-0.25, -0.2) is 9.97 Å². The highest BCUT2D eigenvalue weighted by molar-refractivity contribution is 5.56. The van der Waals surface area contributed by atoms with E-state index in [0.29, 0.717) is 0 Å². The Bertz CT molecular complexity index is 799. The molecular weight excluding hydrogens is 266 g/mol. The molecule has 7 heteroatoms. The molecule has 3 aromatic rings. The Morgan fingerprint density at radius 3 is 2.62 bits per heavy atom. The van der Waals surface area contributed by atoms with Crippen molar-refractivity contribution in [1.82, 2.24) is 29.8 Å². The minimum atomic E-state index is -0.0234. The fourth-order valence-electron chi connectivity index (χ4n) is 2.29. The molecule has 21 heavy (non-hydrogen) atoms. The van der Waals surface area contributed by atoms with Crippen LogP contribution in [-0.4, -0.2) is 29.8 Å². The zero-order chi connectivity index (χ0) is 15.1. The van der Waals surface area contributed by atoms with Crippen LogP contribution in [-0.2, 0) is 0 Å². The lowest BCUT2D eigenvalue weighted by Gasteiger charge is -2.13. The molecule has 1 atom stereocenters. The van der Waals surface area contributed by atoms with Gasteiger partial charge >= 0.3 is 0 Å². The number of aryl methyl sites for hydroxylation is 4. The van der Waals surface area contributed by atoms with Crippen molar-refractivity contribution in [2.24, 2.45) is 0 Å². The van der Waals surface area contributed by atoms with Crippen LogP contribution in [0.15, 0.2) is 6.07 Å². The Morgan fingerprint density at radius 1 is 1.19 bits per heavy atom. The number of H-pyrrole nitrogens is 1. The second-order valence-electron chi connectivity index (χ2n) is 5.37. The first kappa shape index (κ1) is 13.5. The van der Waals surface area contributed by atoms with Crippen molar-refractivity contribution in [1.29, 1.82) is 0 Å². The molecule has 0 aromatic carbocycles. The molecule has 0 fully saturated rings. The van der Waals surface area contributed by atoms with Crippen molar-refractivity contribution in [2.75, 3.05) is 5.32 Å². The van der Waals surface area contributed by atoms with Crippen molar-refractivity contribution in [3.63, 3.8) is 0 Å². The number of anilines is 1. The van der Waals surface area contributed by atoms with E-state index in [9.17, 15) is 0 Å². The van der Waals surface area contributed by atoms with Crippen LogP contribution >= 0.6 is 0 Å². The molecular formula is C14H19N7. The van der Waals surface area contributed by atoms with E-state index in [4.69, 9.17) is 0 Å². The highest BCUT2D eigenvalue weighted by Gasteiger charge is 2.15. The van der Waals surface area contributed by atoms with Crippen LogP contribution in [0.5, 0.6) is 0 Å². The summed E-state index contributed by atoms with van der Waals surface area (Å²) in [6.07, 6.45) is 0. The first-order chi connectivity index (χ1) is 9.95. The third-order valence-corrected chi connectivity index (χ3v) is 3.55. The van der Waals surface area contributed by atoms with Gasteiger partial charge in [-0.2, -0.15) is 14.7 Å². The van der Waals surface area contributed by atoms with Crippen LogP contribution in [0.3, 0.4) is 0 Å². The lowest BCUT2D eigenvalue weighted by molar-refractivity contribution is 0.774. The number of aromatic nitrogens is 6. The van der Waals surface area contributed by atoms with Gasteiger partial charge in [0.15, 0.2) is 11.5 Å². The summed E-state index contributed by atoms with van der Waals surface area (Å²) in [5, 5.41) is 15.0. The Balaban J connectivity index is 2.02. The van der Waals surface area contributed by atoms with Gasteiger partial charge in [0.05, 0.1) is 11.7 Å². The summed E-state index contributed by atoms with van der Waals surface area (Å²) in [5.41, 5.74) is 3.92. The topological polar surface area (TPSA) is 83.8 Å². The van der Waals surface area contributed by atoms with Gasteiger partial charge in [0, 0.05) is 17.3 Å². The molecule has 0 spiro atoms. The molecule has 0 saturated heterocycles. The average Bonchev–Trinajstić information content (AvgIpc) is 2.97. The summed E-state index contributed by atoms with van der Waals surface area (Å²) in [6, 6.07) is 1.96. The molecule has 0 aliphatic rings. The Kier molecular flexibility index (Phi) is 3.12. The number of hydrogen-bond acceptors (Lipinski definition) is 5. The zero-order valence-corrected chi connectivity index (χ0v) is 12.9. The summed E-state index contributed by atoms with van der Waals surface area (Å²) in [4.78, 5) is 8.92. The van der Waals surface area contributed by atoms with Crippen LogP contribution < -0.4 is 5.32 Å². The standard InChI is InChI=1S/C14H19N7/c1-7-6-12(16-10(4)13-17-11(5)18-19-13)21-14(15-7)8(2)9(3)20-21/h6,10,16H,1-5H3,(H,17,18,19). The number of nitrogens with one attached hydrogen (secondary N) is 2. The summed E-state index contributed by atoms with van der Waals surface area (Å²) in [6.45, 7) is 9.92. The van der Waals surface area contributed by atoms with Gasteiger partial charge < -0.3 is 5.32 Å². The minimum Gasteiger partial charge on any atom is -0.360 e. The fourth-order valence-corrected chi connectivity index (χ4v) is 2.29. The first-order valence-electron chi connectivity index (χ1n) is 6.94. The molecule has 3 aromatic heterocycles. The molecule has 0 saturated carbocycles. The lowest BCUT2D eigenvalue weighted by atomic mass is 10.3. The van der Waals surface area contributed by atoms with Gasteiger partial charge in [0.25, 0.3) is 0 Å². The van der Waals surface area contributed by atoms with Crippen molar-refractivity contribution < 1.29 is 0 Å². The SMILES string of the molecule is Cc1cc(NC(C)c2n[nH]c(C)n2)n2nc(C)c(C)c2n1. The maximum Gasteiger partial charge on any atom is 0.172 e. The number of nitrogens with zero attached hydrogens (tertiary/aromatic N) is 5. The third-order valence-electron chi connectivity index (χ3n) is 3.55. The van der Waals surface area contributed by atoms with Crippen molar-refractivity contribution in [3.05, 3.63) is 34.7 Å². The minimum absolute atomic E-state index is 0.0234. The Morgan fingerprint density at radius 2 is 1.95 bits per heavy atom. The van der Waals surface area contributed by atoms with Crippen molar-refractivity contribution in [2.45, 2.75) is 40.7 Å². The van der Waals surface area contributed by atoms with E-state index < -0.39 is 0 Å². The molecule has 0 radical (unpaired) electrons. The number of fused-ring (bicyclic) bond motifs is 1. The average molecular weight is 285 g/mol. The normalized spacial score (nSPS) is 12.8. The summed E-state index contributed by atoms with van der Waals surface area (Å²) in [5.74, 6) is 2.43. The molecule has 0 aliphatic carbocycles. The van der Waals surface area contributed by atoms with Gasteiger partial charge in [-0.1, -0.05) is 0 Å². The van der Waals surface area contributed by atoms with E-state index in [-0.39, 0.29) is 6.04 Å². The van der Waals surface area contributed by atoms with Crippen LogP contribution in [0.2, 0.25) is 0 Å². The number of hydrogen-bond donors (Lipinski definition) is 2. The monoisotopic (exact) mass is 285 g/mol. The predicted octanol–water partition coefficient (Wildman–Crippen LogP) is 2.25. The second kappa shape index (κ2) is 4.83. The maximum atomic E-state index is 4.56. The van der Waals surface area contributed by atoms with Gasteiger partial charge in [-0.15, -0.1) is 0 Å². The highest BCUT2D eigenvalue weighted by Crippen LogP contribution is 2.21. The molecule has 7 nitrogen and oxygen atoms in total. The molecule has 3 rings (SSSR count). The summed E-state index contributed by atoms with van der Waals surface area (Å²) >= 11 is 0. The molecule has 0 bridgehead atoms. The van der Waals surface area contributed by atoms with E-state index in [1.165, 1.54) is 0 Å². The van der Waals surface area contributed by atoms with E-state index in [1.807, 2.05) is 45.2 Å². The fraction of sp³-hybridized carbons (Fsp3) is 0.429. The maximum absolute atomic E-state index is 4.56. The predicted molar refractivity (Wildman–Crippen MR) is 80.4 cm³/mol. The smallest absolute Gasteiger partial charge is 0.172 e. The molecule has 0 aliphatic heterocycles. The molecule has 1 unspecified atom stereocenters. The summed E-state index contributed by atoms with van der Waals surface area (Å²) in [7, 11) is 0. The van der Waals surface area contributed by atoms with Gasteiger partial charge in [-0.05, 0) is 34.6 Å².